The van der Waals surface area contributed by atoms with Crippen LogP contribution >= 0.6 is 31.9 Å². The maximum Gasteiger partial charge on any atom is 0.289 e. The molecule has 8 heteroatoms. The molecule has 0 spiro atoms. The van der Waals surface area contributed by atoms with Crippen molar-refractivity contribution in [3.63, 3.8) is 0 Å². The highest BCUT2D eigenvalue weighted by Gasteiger charge is 2.24. The Labute approximate surface area is 143 Å². The van der Waals surface area contributed by atoms with Crippen LogP contribution in [0.5, 0.6) is 5.75 Å². The fourth-order valence-electron chi connectivity index (χ4n) is 2.21. The Kier molecular flexibility index (Phi) is 4.44. The fourth-order valence-corrected chi connectivity index (χ4v) is 3.41. The summed E-state index contributed by atoms with van der Waals surface area (Å²) in [4.78, 5) is 13.9. The monoisotopic (exact) mass is 433 g/mol. The molecule has 0 bridgehead atoms. The minimum absolute atomic E-state index is 0.0633. The number of hydrogen-bond acceptors (Lipinski definition) is 5. The van der Waals surface area contributed by atoms with Crippen molar-refractivity contribution >= 4 is 48.7 Å². The van der Waals surface area contributed by atoms with Crippen LogP contribution in [0.1, 0.15) is 10.6 Å². The van der Waals surface area contributed by atoms with Crippen molar-refractivity contribution in [2.45, 2.75) is 6.29 Å². The second-order valence-electron chi connectivity index (χ2n) is 4.90. The highest BCUT2D eigenvalue weighted by molar-refractivity contribution is 9.11. The van der Waals surface area contributed by atoms with E-state index < -0.39 is 6.29 Å². The summed E-state index contributed by atoms with van der Waals surface area (Å²) in [6.07, 6.45) is -0.400. The van der Waals surface area contributed by atoms with Gasteiger partial charge in [0.25, 0.3) is 5.91 Å². The molecule has 1 aromatic carbocycles. The Morgan fingerprint density at radius 2 is 2.05 bits per heavy atom. The minimum Gasteiger partial charge on any atom is -0.506 e. The standard InChI is InChI=1S/C14H13Br2NO5/c1-17(6-11-20-2-3-21-11)14(19)10-4-7-9(22-10)5-8(15)13(18)12(7)16/h4-5,11,18H,2-3,6H2,1H3. The van der Waals surface area contributed by atoms with Crippen molar-refractivity contribution in [1.29, 1.82) is 0 Å². The molecule has 0 radical (unpaired) electrons. The zero-order valence-electron chi connectivity index (χ0n) is 11.6. The lowest BCUT2D eigenvalue weighted by atomic mass is 10.2. The van der Waals surface area contributed by atoms with Crippen LogP contribution in [-0.2, 0) is 9.47 Å². The molecule has 22 heavy (non-hydrogen) atoms. The molecular formula is C14H13Br2NO5. The van der Waals surface area contributed by atoms with Crippen molar-refractivity contribution < 1.29 is 23.8 Å². The molecule has 2 heterocycles. The molecule has 0 atom stereocenters. The molecule has 1 aliphatic heterocycles. The number of phenols is 1. The van der Waals surface area contributed by atoms with Gasteiger partial charge in [-0.25, -0.2) is 0 Å². The van der Waals surface area contributed by atoms with E-state index in [9.17, 15) is 9.90 Å². The van der Waals surface area contributed by atoms with Crippen molar-refractivity contribution in [3.05, 3.63) is 26.8 Å². The number of fused-ring (bicyclic) bond motifs is 1. The third-order valence-electron chi connectivity index (χ3n) is 3.36. The molecule has 6 nitrogen and oxygen atoms in total. The molecule has 0 aliphatic carbocycles. The lowest BCUT2D eigenvalue weighted by Crippen LogP contribution is -2.34. The third kappa shape index (κ3) is 2.88. The van der Waals surface area contributed by atoms with Crippen LogP contribution in [0.4, 0.5) is 0 Å². The number of aromatic hydroxyl groups is 1. The molecule has 1 fully saturated rings. The van der Waals surface area contributed by atoms with Gasteiger partial charge < -0.3 is 23.9 Å². The van der Waals surface area contributed by atoms with Crippen LogP contribution in [-0.4, -0.2) is 49.0 Å². The highest BCUT2D eigenvalue weighted by Crippen LogP contribution is 2.40. The summed E-state index contributed by atoms with van der Waals surface area (Å²) in [7, 11) is 1.66. The van der Waals surface area contributed by atoms with Crippen LogP contribution in [0.2, 0.25) is 0 Å². The van der Waals surface area contributed by atoms with Crippen molar-refractivity contribution in [2.24, 2.45) is 0 Å². The van der Waals surface area contributed by atoms with Crippen LogP contribution < -0.4 is 0 Å². The Hall–Kier alpha value is -1.09. The van der Waals surface area contributed by atoms with Gasteiger partial charge in [-0.3, -0.25) is 4.79 Å². The van der Waals surface area contributed by atoms with Gasteiger partial charge in [0.1, 0.15) is 11.3 Å². The normalized spacial score (nSPS) is 15.6. The number of halogens is 2. The molecule has 118 valence electrons. The van der Waals surface area contributed by atoms with Gasteiger partial charge in [-0.15, -0.1) is 0 Å². The number of benzene rings is 1. The van der Waals surface area contributed by atoms with E-state index >= 15 is 0 Å². The Bertz CT molecular complexity index is 724. The molecule has 3 rings (SSSR count). The summed E-state index contributed by atoms with van der Waals surface area (Å²) in [6, 6.07) is 3.22. The summed E-state index contributed by atoms with van der Waals surface area (Å²) in [6.45, 7) is 1.40. The van der Waals surface area contributed by atoms with Gasteiger partial charge in [0, 0.05) is 12.4 Å². The van der Waals surface area contributed by atoms with Gasteiger partial charge in [0.2, 0.25) is 0 Å². The first-order valence-electron chi connectivity index (χ1n) is 6.56. The predicted octanol–water partition coefficient (Wildman–Crippen LogP) is 3.11. The van der Waals surface area contributed by atoms with Crippen molar-refractivity contribution in [2.75, 3.05) is 26.8 Å². The summed E-state index contributed by atoms with van der Waals surface area (Å²) in [5.74, 6) is -0.0279. The van der Waals surface area contributed by atoms with E-state index in [0.717, 1.165) is 0 Å². The molecule has 0 unspecified atom stereocenters. The van der Waals surface area contributed by atoms with Gasteiger partial charge in [0.15, 0.2) is 12.1 Å². The molecule has 1 N–H and O–H groups in total. The summed E-state index contributed by atoms with van der Waals surface area (Å²) in [5.41, 5.74) is 0.502. The van der Waals surface area contributed by atoms with Crippen molar-refractivity contribution in [1.82, 2.24) is 4.90 Å². The second kappa shape index (κ2) is 6.19. The lowest BCUT2D eigenvalue weighted by molar-refractivity contribution is -0.0545. The first-order valence-corrected chi connectivity index (χ1v) is 8.15. The van der Waals surface area contributed by atoms with Gasteiger partial charge >= 0.3 is 0 Å². The number of phenolic OH excluding ortho intramolecular Hbond substituents is 1. The number of amides is 1. The van der Waals surface area contributed by atoms with Crippen LogP contribution in [0.3, 0.4) is 0 Å². The maximum atomic E-state index is 12.4. The van der Waals surface area contributed by atoms with Gasteiger partial charge in [-0.05, 0) is 44.0 Å². The van der Waals surface area contributed by atoms with E-state index in [1.807, 2.05) is 0 Å². The number of rotatable bonds is 3. The number of likely N-dealkylation sites (N-methyl/N-ethyl adjacent to an activating group) is 1. The Morgan fingerprint density at radius 3 is 2.73 bits per heavy atom. The number of furan rings is 1. The zero-order valence-corrected chi connectivity index (χ0v) is 14.8. The number of nitrogens with zero attached hydrogens (tertiary/aromatic N) is 1. The van der Waals surface area contributed by atoms with E-state index in [2.05, 4.69) is 31.9 Å². The third-order valence-corrected chi connectivity index (χ3v) is 4.77. The van der Waals surface area contributed by atoms with E-state index in [1.54, 1.807) is 19.2 Å². The topological polar surface area (TPSA) is 72.1 Å². The molecule has 1 aromatic heterocycles. The van der Waals surface area contributed by atoms with Crippen LogP contribution in [0.25, 0.3) is 11.0 Å². The molecule has 1 amide bonds. The SMILES string of the molecule is CN(CC1OCCO1)C(=O)c1cc2c(Br)c(O)c(Br)cc2o1. The molecular weight excluding hydrogens is 422 g/mol. The van der Waals surface area contributed by atoms with Gasteiger partial charge in [-0.2, -0.15) is 0 Å². The smallest absolute Gasteiger partial charge is 0.289 e. The largest absolute Gasteiger partial charge is 0.506 e. The fraction of sp³-hybridized carbons (Fsp3) is 0.357. The molecule has 2 aromatic rings. The van der Waals surface area contributed by atoms with E-state index in [0.29, 0.717) is 39.7 Å². The number of hydrogen-bond donors (Lipinski definition) is 1. The minimum atomic E-state index is -0.400. The van der Waals surface area contributed by atoms with Gasteiger partial charge in [-0.1, -0.05) is 0 Å². The molecule has 0 saturated carbocycles. The number of carbonyl (C=O) groups is 1. The molecule has 1 aliphatic rings. The maximum absolute atomic E-state index is 12.4. The van der Waals surface area contributed by atoms with E-state index in [-0.39, 0.29) is 17.4 Å². The van der Waals surface area contributed by atoms with Gasteiger partial charge in [0.05, 0.1) is 28.7 Å². The number of ether oxygens (including phenoxy) is 2. The average Bonchev–Trinajstić information content (AvgIpc) is 3.13. The molecule has 1 saturated heterocycles. The quantitative estimate of drug-likeness (QED) is 0.803. The second-order valence-corrected chi connectivity index (χ2v) is 6.55. The van der Waals surface area contributed by atoms with Crippen LogP contribution in [0.15, 0.2) is 25.5 Å². The Balaban J connectivity index is 1.86. The van der Waals surface area contributed by atoms with E-state index in [1.165, 1.54) is 4.90 Å². The first-order chi connectivity index (χ1) is 10.5. The van der Waals surface area contributed by atoms with Crippen LogP contribution in [0, 0.1) is 0 Å². The summed E-state index contributed by atoms with van der Waals surface area (Å²) >= 11 is 6.53. The number of carbonyl (C=O) groups excluding carboxylic acids is 1. The average molecular weight is 435 g/mol. The highest BCUT2D eigenvalue weighted by atomic mass is 79.9. The Morgan fingerprint density at radius 1 is 1.36 bits per heavy atom. The first kappa shape index (κ1) is 15.8. The van der Waals surface area contributed by atoms with Crippen molar-refractivity contribution in [3.8, 4) is 5.75 Å². The summed E-state index contributed by atoms with van der Waals surface area (Å²) < 4.78 is 17.2. The zero-order chi connectivity index (χ0) is 15.9. The predicted molar refractivity (Wildman–Crippen MR) is 85.9 cm³/mol. The van der Waals surface area contributed by atoms with E-state index in [4.69, 9.17) is 13.9 Å². The lowest BCUT2D eigenvalue weighted by Gasteiger charge is -2.18. The summed E-state index contributed by atoms with van der Waals surface area (Å²) in [5, 5.41) is 10.5.